The first-order valence-corrected chi connectivity index (χ1v) is 7.16. The summed E-state index contributed by atoms with van der Waals surface area (Å²) in [5.74, 6) is 2.11. The molecule has 110 valence electrons. The van der Waals surface area contributed by atoms with Crippen LogP contribution in [-0.4, -0.2) is 39.5 Å². The molecular formula is C15H22N2O3. The van der Waals surface area contributed by atoms with E-state index >= 15 is 0 Å². The first-order chi connectivity index (χ1) is 9.69. The molecule has 1 aromatic carbocycles. The molecule has 5 nitrogen and oxygen atoms in total. The van der Waals surface area contributed by atoms with Crippen molar-refractivity contribution >= 4 is 11.4 Å². The fourth-order valence-corrected chi connectivity index (χ4v) is 2.93. The quantitative estimate of drug-likeness (QED) is 0.837. The number of ether oxygens (including phenoxy) is 3. The summed E-state index contributed by atoms with van der Waals surface area (Å²) in [6.07, 6.45) is 1.35. The van der Waals surface area contributed by atoms with Crippen LogP contribution in [0, 0.1) is 5.92 Å². The second-order valence-corrected chi connectivity index (χ2v) is 5.54. The van der Waals surface area contributed by atoms with Crippen molar-refractivity contribution in [3.05, 3.63) is 12.1 Å². The molecule has 0 aromatic heterocycles. The minimum Gasteiger partial charge on any atom is -0.486 e. The molecule has 0 radical (unpaired) electrons. The van der Waals surface area contributed by atoms with Crippen LogP contribution in [-0.2, 0) is 4.74 Å². The van der Waals surface area contributed by atoms with Crippen molar-refractivity contribution in [3.63, 3.8) is 0 Å². The smallest absolute Gasteiger partial charge is 0.163 e. The van der Waals surface area contributed by atoms with E-state index in [2.05, 4.69) is 11.8 Å². The van der Waals surface area contributed by atoms with Crippen LogP contribution in [0.3, 0.4) is 0 Å². The van der Waals surface area contributed by atoms with E-state index in [0.717, 1.165) is 42.4 Å². The molecule has 0 bridgehead atoms. The lowest BCUT2D eigenvalue weighted by Crippen LogP contribution is -2.44. The van der Waals surface area contributed by atoms with E-state index in [4.69, 9.17) is 19.9 Å². The number of nitrogens with zero attached hydrogens (tertiary/aromatic N) is 1. The summed E-state index contributed by atoms with van der Waals surface area (Å²) in [4.78, 5) is 2.28. The Kier molecular flexibility index (Phi) is 3.61. The Labute approximate surface area is 119 Å². The lowest BCUT2D eigenvalue weighted by atomic mass is 9.95. The summed E-state index contributed by atoms with van der Waals surface area (Å²) < 4.78 is 16.8. The molecule has 2 atom stereocenters. The first-order valence-electron chi connectivity index (χ1n) is 7.16. The highest BCUT2D eigenvalue weighted by Gasteiger charge is 2.28. The zero-order chi connectivity index (χ0) is 14.1. The highest BCUT2D eigenvalue weighted by atomic mass is 16.6. The second kappa shape index (κ2) is 5.40. The largest absolute Gasteiger partial charge is 0.486 e. The number of hydrogen-bond donors (Lipinski definition) is 1. The van der Waals surface area contributed by atoms with Gasteiger partial charge in [0.05, 0.1) is 17.5 Å². The third kappa shape index (κ3) is 2.38. The Hall–Kier alpha value is -1.62. The van der Waals surface area contributed by atoms with Crippen molar-refractivity contribution in [2.75, 3.05) is 44.0 Å². The van der Waals surface area contributed by atoms with Crippen LogP contribution in [0.2, 0.25) is 0 Å². The van der Waals surface area contributed by atoms with E-state index in [9.17, 15) is 0 Å². The van der Waals surface area contributed by atoms with Crippen molar-refractivity contribution in [1.29, 1.82) is 0 Å². The summed E-state index contributed by atoms with van der Waals surface area (Å²) in [5.41, 5.74) is 7.93. The Morgan fingerprint density at radius 2 is 1.95 bits per heavy atom. The third-order valence-electron chi connectivity index (χ3n) is 4.22. The Bertz CT molecular complexity index is 492. The zero-order valence-electron chi connectivity index (χ0n) is 12.1. The van der Waals surface area contributed by atoms with Crippen LogP contribution in [0.4, 0.5) is 11.4 Å². The van der Waals surface area contributed by atoms with E-state index in [1.165, 1.54) is 0 Å². The van der Waals surface area contributed by atoms with Gasteiger partial charge in [0.25, 0.3) is 0 Å². The van der Waals surface area contributed by atoms with E-state index in [1.54, 1.807) is 7.11 Å². The Morgan fingerprint density at radius 1 is 1.25 bits per heavy atom. The summed E-state index contributed by atoms with van der Waals surface area (Å²) in [7, 11) is 1.78. The lowest BCUT2D eigenvalue weighted by molar-refractivity contribution is 0.0498. The van der Waals surface area contributed by atoms with Crippen LogP contribution in [0.15, 0.2) is 12.1 Å². The predicted octanol–water partition coefficient (Wildman–Crippen LogP) is 1.90. The van der Waals surface area contributed by atoms with Crippen LogP contribution >= 0.6 is 0 Å². The number of fused-ring (bicyclic) bond motifs is 1. The molecule has 0 spiro atoms. The maximum absolute atomic E-state index is 6.18. The fourth-order valence-electron chi connectivity index (χ4n) is 2.93. The Balaban J connectivity index is 1.86. The number of methoxy groups -OCH3 is 1. The molecule has 0 amide bonds. The zero-order valence-corrected chi connectivity index (χ0v) is 12.1. The van der Waals surface area contributed by atoms with Gasteiger partial charge in [-0.2, -0.15) is 0 Å². The molecule has 2 aliphatic rings. The van der Waals surface area contributed by atoms with Gasteiger partial charge in [-0.3, -0.25) is 0 Å². The molecule has 0 saturated carbocycles. The van der Waals surface area contributed by atoms with E-state index in [1.807, 2.05) is 12.1 Å². The molecule has 1 saturated heterocycles. The average molecular weight is 278 g/mol. The molecule has 3 rings (SSSR count). The van der Waals surface area contributed by atoms with Gasteiger partial charge in [0.1, 0.15) is 13.2 Å². The lowest BCUT2D eigenvalue weighted by Gasteiger charge is -2.38. The standard InChI is InChI=1S/C15H22N2O3/c1-10-3-4-17(9-15(10)18-2)12-8-14-13(7-11(12)16)19-5-6-20-14/h7-8,10,15H,3-6,9,16H2,1-2H3. The minimum atomic E-state index is 0.247. The van der Waals surface area contributed by atoms with Gasteiger partial charge in [0.15, 0.2) is 11.5 Å². The van der Waals surface area contributed by atoms with Crippen LogP contribution in [0.1, 0.15) is 13.3 Å². The number of anilines is 2. The normalized spacial score (nSPS) is 25.6. The van der Waals surface area contributed by atoms with Crippen LogP contribution in [0.25, 0.3) is 0 Å². The van der Waals surface area contributed by atoms with E-state index < -0.39 is 0 Å². The molecule has 2 N–H and O–H groups in total. The predicted molar refractivity (Wildman–Crippen MR) is 78.6 cm³/mol. The molecule has 2 unspecified atom stereocenters. The van der Waals surface area contributed by atoms with Crippen LogP contribution in [0.5, 0.6) is 11.5 Å². The summed E-state index contributed by atoms with van der Waals surface area (Å²) >= 11 is 0. The second-order valence-electron chi connectivity index (χ2n) is 5.54. The van der Waals surface area contributed by atoms with Crippen molar-refractivity contribution in [1.82, 2.24) is 0 Å². The van der Waals surface area contributed by atoms with Crippen LogP contribution < -0.4 is 20.1 Å². The SMILES string of the molecule is COC1CN(c2cc3c(cc2N)OCCO3)CCC1C. The van der Waals surface area contributed by atoms with Crippen molar-refractivity contribution in [2.45, 2.75) is 19.4 Å². The van der Waals surface area contributed by atoms with Gasteiger partial charge in [-0.15, -0.1) is 0 Å². The van der Waals surface area contributed by atoms with Gasteiger partial charge < -0.3 is 24.8 Å². The number of rotatable bonds is 2. The highest BCUT2D eigenvalue weighted by molar-refractivity contribution is 5.73. The van der Waals surface area contributed by atoms with Crippen molar-refractivity contribution < 1.29 is 14.2 Å². The fraction of sp³-hybridized carbons (Fsp3) is 0.600. The molecule has 1 fully saturated rings. The first kappa shape index (κ1) is 13.4. The number of nitrogens with two attached hydrogens (primary N) is 1. The molecule has 0 aliphatic carbocycles. The number of piperidine rings is 1. The van der Waals surface area contributed by atoms with Gasteiger partial charge >= 0.3 is 0 Å². The molecule has 5 heteroatoms. The third-order valence-corrected chi connectivity index (χ3v) is 4.22. The summed E-state index contributed by atoms with van der Waals surface area (Å²) in [6, 6.07) is 3.86. The monoisotopic (exact) mass is 278 g/mol. The maximum Gasteiger partial charge on any atom is 0.163 e. The molecular weight excluding hydrogens is 256 g/mol. The molecule has 20 heavy (non-hydrogen) atoms. The number of nitrogen functional groups attached to an aromatic ring is 1. The Morgan fingerprint density at radius 3 is 2.65 bits per heavy atom. The molecule has 2 heterocycles. The van der Waals surface area contributed by atoms with Gasteiger partial charge in [0.2, 0.25) is 0 Å². The van der Waals surface area contributed by atoms with Crippen molar-refractivity contribution in [3.8, 4) is 11.5 Å². The van der Waals surface area contributed by atoms with Gasteiger partial charge in [0, 0.05) is 32.3 Å². The van der Waals surface area contributed by atoms with Gasteiger partial charge in [-0.1, -0.05) is 6.92 Å². The molecule has 2 aliphatic heterocycles. The summed E-state index contributed by atoms with van der Waals surface area (Å²) in [6.45, 7) is 5.26. The van der Waals surface area contributed by atoms with E-state index in [0.29, 0.717) is 19.1 Å². The average Bonchev–Trinajstić information content (AvgIpc) is 2.47. The number of benzene rings is 1. The molecule has 1 aromatic rings. The van der Waals surface area contributed by atoms with Gasteiger partial charge in [-0.25, -0.2) is 0 Å². The van der Waals surface area contributed by atoms with Crippen molar-refractivity contribution in [2.24, 2.45) is 5.92 Å². The minimum absolute atomic E-state index is 0.247. The topological polar surface area (TPSA) is 57.0 Å². The van der Waals surface area contributed by atoms with Gasteiger partial charge in [-0.05, 0) is 12.3 Å². The number of hydrogen-bond acceptors (Lipinski definition) is 5. The van der Waals surface area contributed by atoms with E-state index in [-0.39, 0.29) is 6.10 Å². The maximum atomic E-state index is 6.18. The summed E-state index contributed by atoms with van der Waals surface area (Å²) in [5, 5.41) is 0. The highest BCUT2D eigenvalue weighted by Crippen LogP contribution is 2.39.